The van der Waals surface area contributed by atoms with Crippen molar-refractivity contribution < 1.29 is 9.63 Å². The summed E-state index contributed by atoms with van der Waals surface area (Å²) >= 11 is 3.21. The van der Waals surface area contributed by atoms with E-state index in [4.69, 9.17) is 16.0 Å². The summed E-state index contributed by atoms with van der Waals surface area (Å²) in [6, 6.07) is 7.63. The van der Waals surface area contributed by atoms with Crippen molar-refractivity contribution in [3.8, 4) is 0 Å². The van der Waals surface area contributed by atoms with Crippen molar-refractivity contribution in [1.29, 1.82) is 5.41 Å². The zero-order chi connectivity index (χ0) is 19.9. The number of benzene rings is 1. The van der Waals surface area contributed by atoms with Gasteiger partial charge >= 0.3 is 0 Å². The minimum absolute atomic E-state index is 0.0882. The van der Waals surface area contributed by atoms with Gasteiger partial charge in [-0.15, -0.1) is 23.1 Å². The molecule has 0 unspecified atom stereocenters. The Kier molecular flexibility index (Phi) is 6.77. The topological polar surface area (TPSA) is 126 Å². The number of aromatic nitrogens is 1. The van der Waals surface area contributed by atoms with Gasteiger partial charge < -0.3 is 10.6 Å². The first-order valence-electron chi connectivity index (χ1n) is 8.57. The van der Waals surface area contributed by atoms with Crippen LogP contribution in [-0.2, 0) is 9.63 Å². The van der Waals surface area contributed by atoms with Crippen molar-refractivity contribution in [3.05, 3.63) is 40.9 Å². The van der Waals surface area contributed by atoms with Crippen LogP contribution in [0.25, 0.3) is 0 Å². The van der Waals surface area contributed by atoms with Crippen LogP contribution in [0, 0.1) is 12.3 Å². The maximum atomic E-state index is 12.7. The van der Waals surface area contributed by atoms with Gasteiger partial charge in [0.05, 0.1) is 0 Å². The number of carbonyl (C=O) groups excluding carboxylic acids is 1. The third-order valence-corrected chi connectivity index (χ3v) is 5.79. The van der Waals surface area contributed by atoms with Crippen LogP contribution >= 0.6 is 23.1 Å². The summed E-state index contributed by atoms with van der Waals surface area (Å²) in [7, 11) is 0. The Morgan fingerprint density at radius 3 is 2.82 bits per heavy atom. The Labute approximate surface area is 170 Å². The SMILES string of the molecule is Cc1cnc(NC(=O)/C(=N/OCC(N)=NC=N)c2ccc(SC3CC3)cc2)s1. The van der Waals surface area contributed by atoms with Gasteiger partial charge in [-0.05, 0) is 31.9 Å². The lowest BCUT2D eigenvalue weighted by Gasteiger charge is -2.08. The average Bonchev–Trinajstić information content (AvgIpc) is 3.39. The van der Waals surface area contributed by atoms with Gasteiger partial charge in [0.1, 0.15) is 12.2 Å². The number of amidine groups is 1. The fourth-order valence-corrected chi connectivity index (χ4v) is 3.86. The summed E-state index contributed by atoms with van der Waals surface area (Å²) in [5.41, 5.74) is 6.31. The first-order chi connectivity index (χ1) is 13.5. The van der Waals surface area contributed by atoms with E-state index in [0.29, 0.717) is 15.9 Å². The van der Waals surface area contributed by atoms with Gasteiger partial charge in [0, 0.05) is 26.8 Å². The summed E-state index contributed by atoms with van der Waals surface area (Å²) < 4.78 is 0. The number of nitrogens with one attached hydrogen (secondary N) is 2. The molecule has 0 bridgehead atoms. The van der Waals surface area contributed by atoms with E-state index in [1.807, 2.05) is 43.0 Å². The largest absolute Gasteiger partial charge is 0.387 e. The smallest absolute Gasteiger partial charge is 0.280 e. The number of hydrogen-bond donors (Lipinski definition) is 3. The maximum Gasteiger partial charge on any atom is 0.280 e. The molecule has 0 spiro atoms. The van der Waals surface area contributed by atoms with Gasteiger partial charge in [0.25, 0.3) is 5.91 Å². The standard InChI is InChI=1S/C18H20N6O2S2/c1-11-8-21-18(27-11)23-17(25)16(24-26-9-15(20)22-10-19)12-2-4-13(5-3-12)28-14-6-7-14/h2-5,8,10,14H,6-7,9H2,1H3,(H3,19,20,22)(H,21,23,25)/b24-16+. The molecule has 146 valence electrons. The molecule has 1 amide bonds. The lowest BCUT2D eigenvalue weighted by molar-refractivity contribution is -0.110. The summed E-state index contributed by atoms with van der Waals surface area (Å²) in [5, 5.41) is 14.8. The molecular formula is C18H20N6O2S2. The Hall–Kier alpha value is -2.72. The van der Waals surface area contributed by atoms with Crippen LogP contribution < -0.4 is 11.1 Å². The van der Waals surface area contributed by atoms with E-state index >= 15 is 0 Å². The highest BCUT2D eigenvalue weighted by atomic mass is 32.2. The number of aliphatic imine (C=N–C) groups is 1. The van der Waals surface area contributed by atoms with E-state index in [1.165, 1.54) is 24.2 Å². The van der Waals surface area contributed by atoms with Crippen LogP contribution in [0.4, 0.5) is 5.13 Å². The van der Waals surface area contributed by atoms with Crippen LogP contribution in [0.2, 0.25) is 0 Å². The first kappa shape index (κ1) is 20.0. The number of nitrogens with zero attached hydrogens (tertiary/aromatic N) is 3. The quantitative estimate of drug-likeness (QED) is 0.329. The molecule has 1 aromatic heterocycles. The molecule has 3 rings (SSSR count). The van der Waals surface area contributed by atoms with Gasteiger partial charge in [0.15, 0.2) is 17.5 Å². The van der Waals surface area contributed by atoms with E-state index in [0.717, 1.165) is 16.1 Å². The molecule has 2 aromatic rings. The van der Waals surface area contributed by atoms with E-state index in [2.05, 4.69) is 20.4 Å². The summed E-state index contributed by atoms with van der Waals surface area (Å²) in [6.07, 6.45) is 5.01. The van der Waals surface area contributed by atoms with Crippen LogP contribution in [-0.4, -0.2) is 40.6 Å². The molecule has 0 radical (unpaired) electrons. The number of thiazole rings is 1. The number of anilines is 1. The molecule has 4 N–H and O–H groups in total. The van der Waals surface area contributed by atoms with Crippen molar-refractivity contribution in [2.45, 2.75) is 29.9 Å². The predicted molar refractivity (Wildman–Crippen MR) is 114 cm³/mol. The molecule has 8 nitrogen and oxygen atoms in total. The molecule has 0 saturated heterocycles. The number of hydrogen-bond acceptors (Lipinski definition) is 7. The lowest BCUT2D eigenvalue weighted by Crippen LogP contribution is -2.25. The number of oxime groups is 1. The fourth-order valence-electron chi connectivity index (χ4n) is 2.15. The minimum atomic E-state index is -0.431. The molecule has 1 fully saturated rings. The van der Waals surface area contributed by atoms with E-state index in [1.54, 1.807) is 6.20 Å². The highest BCUT2D eigenvalue weighted by molar-refractivity contribution is 8.00. The fraction of sp³-hybridized carbons (Fsp3) is 0.278. The van der Waals surface area contributed by atoms with Crippen molar-refractivity contribution in [1.82, 2.24) is 4.98 Å². The number of nitrogens with two attached hydrogens (primary N) is 1. The van der Waals surface area contributed by atoms with Gasteiger partial charge in [-0.1, -0.05) is 17.3 Å². The van der Waals surface area contributed by atoms with Crippen molar-refractivity contribution in [3.63, 3.8) is 0 Å². The van der Waals surface area contributed by atoms with Crippen molar-refractivity contribution >= 4 is 52.0 Å². The van der Waals surface area contributed by atoms with Crippen LogP contribution in [0.3, 0.4) is 0 Å². The molecule has 28 heavy (non-hydrogen) atoms. The van der Waals surface area contributed by atoms with Gasteiger partial charge in [-0.3, -0.25) is 15.5 Å². The molecule has 10 heteroatoms. The molecule has 0 atom stereocenters. The lowest BCUT2D eigenvalue weighted by atomic mass is 10.1. The van der Waals surface area contributed by atoms with Gasteiger partial charge in [0.2, 0.25) is 0 Å². The van der Waals surface area contributed by atoms with Crippen molar-refractivity contribution in [2.75, 3.05) is 11.9 Å². The van der Waals surface area contributed by atoms with Crippen LogP contribution in [0.15, 0.2) is 45.5 Å². The highest BCUT2D eigenvalue weighted by Gasteiger charge is 2.23. The van der Waals surface area contributed by atoms with Crippen LogP contribution in [0.5, 0.6) is 0 Å². The second-order valence-corrected chi connectivity index (χ2v) is 8.64. The van der Waals surface area contributed by atoms with Gasteiger partial charge in [-0.2, -0.15) is 0 Å². The minimum Gasteiger partial charge on any atom is -0.387 e. The monoisotopic (exact) mass is 416 g/mol. The molecule has 1 aliphatic rings. The predicted octanol–water partition coefficient (Wildman–Crippen LogP) is 3.03. The van der Waals surface area contributed by atoms with E-state index in [-0.39, 0.29) is 18.2 Å². The summed E-state index contributed by atoms with van der Waals surface area (Å²) in [6.45, 7) is 1.78. The third-order valence-electron chi connectivity index (χ3n) is 3.61. The second kappa shape index (κ2) is 9.47. The normalized spacial score (nSPS) is 14.6. The maximum absolute atomic E-state index is 12.7. The van der Waals surface area contributed by atoms with Gasteiger partial charge in [-0.25, -0.2) is 9.98 Å². The van der Waals surface area contributed by atoms with E-state index in [9.17, 15) is 4.79 Å². The number of carbonyl (C=O) groups is 1. The second-order valence-electron chi connectivity index (χ2n) is 6.03. The zero-order valence-electron chi connectivity index (χ0n) is 15.2. The van der Waals surface area contributed by atoms with E-state index < -0.39 is 5.91 Å². The Morgan fingerprint density at radius 2 is 2.21 bits per heavy atom. The average molecular weight is 417 g/mol. The summed E-state index contributed by atoms with van der Waals surface area (Å²) in [5.74, 6) is -0.343. The molecule has 1 heterocycles. The number of aryl methyl sites for hydroxylation is 1. The molecule has 1 aliphatic carbocycles. The Bertz CT molecular complexity index is 903. The van der Waals surface area contributed by atoms with Crippen LogP contribution in [0.1, 0.15) is 23.3 Å². The molecule has 1 saturated carbocycles. The Morgan fingerprint density at radius 1 is 1.46 bits per heavy atom. The Balaban J connectivity index is 1.76. The first-order valence-corrected chi connectivity index (χ1v) is 10.3. The number of thioether (sulfide) groups is 1. The number of rotatable bonds is 9. The van der Waals surface area contributed by atoms with Crippen molar-refractivity contribution in [2.24, 2.45) is 15.9 Å². The third kappa shape index (κ3) is 5.89. The molecule has 0 aliphatic heterocycles. The molecule has 1 aromatic carbocycles. The number of amides is 1. The highest BCUT2D eigenvalue weighted by Crippen LogP contribution is 2.39. The zero-order valence-corrected chi connectivity index (χ0v) is 16.8. The molecular weight excluding hydrogens is 396 g/mol. The summed E-state index contributed by atoms with van der Waals surface area (Å²) in [4.78, 5) is 27.8.